The number of fused-ring (bicyclic) bond motifs is 2. The summed E-state index contributed by atoms with van der Waals surface area (Å²) in [7, 11) is 1.86. The molecule has 0 N–H and O–H groups in total. The minimum absolute atomic E-state index is 0.0193. The number of non-ortho nitro benzene ring substituents is 1. The number of aliphatic imine (C=N–C) groups is 1. The number of hydrazine groups is 2. The summed E-state index contributed by atoms with van der Waals surface area (Å²) in [4.78, 5) is 15.5. The highest BCUT2D eigenvalue weighted by molar-refractivity contribution is 6.54. The molecule has 156 valence electrons. The summed E-state index contributed by atoms with van der Waals surface area (Å²) < 4.78 is 0. The third kappa shape index (κ3) is 2.56. The molecule has 0 saturated heterocycles. The Morgan fingerprint density at radius 3 is 2.47 bits per heavy atom. The lowest BCUT2D eigenvalue weighted by Gasteiger charge is -2.42. The van der Waals surface area contributed by atoms with E-state index in [9.17, 15) is 10.1 Å². The smallest absolute Gasteiger partial charge is 0.258 e. The molecule has 4 heterocycles. The molecule has 0 unspecified atom stereocenters. The van der Waals surface area contributed by atoms with E-state index in [1.54, 1.807) is 22.3 Å². The average Bonchev–Trinajstić information content (AvgIpc) is 3.23. The number of hydrogen-bond donors (Lipinski definition) is 0. The number of nitrogens with zero attached hydrogens (tertiary/aromatic N) is 8. The van der Waals surface area contributed by atoms with Gasteiger partial charge in [-0.05, 0) is 24.3 Å². The Morgan fingerprint density at radius 2 is 1.72 bits per heavy atom. The predicted octanol–water partition coefficient (Wildman–Crippen LogP) is 3.22. The number of amidine groups is 1. The van der Waals surface area contributed by atoms with Gasteiger partial charge in [-0.2, -0.15) is 15.3 Å². The van der Waals surface area contributed by atoms with Gasteiger partial charge in [0.05, 0.1) is 10.6 Å². The number of benzene rings is 2. The Morgan fingerprint density at radius 1 is 0.938 bits per heavy atom. The van der Waals surface area contributed by atoms with Crippen LogP contribution in [-0.2, 0) is 0 Å². The van der Waals surface area contributed by atoms with E-state index in [-0.39, 0.29) is 5.69 Å². The molecule has 0 aromatic heterocycles. The minimum Gasteiger partial charge on any atom is -0.258 e. The summed E-state index contributed by atoms with van der Waals surface area (Å²) in [6.45, 7) is 0. The molecule has 4 aliphatic heterocycles. The standard InChI is InChI=1S/C22H16N8O2/c1-26-22-21-20(19(24-26)15-7-3-2-4-8-15)25-28(16-10-12-17(13-11-16)30(31)32)29(21)27-14-6-5-9-18(27)23-22/h2-14H,1H3. The summed E-state index contributed by atoms with van der Waals surface area (Å²) in [5.41, 5.74) is 3.79. The quantitative estimate of drug-likeness (QED) is 0.555. The van der Waals surface area contributed by atoms with Gasteiger partial charge in [0.15, 0.2) is 17.4 Å². The molecule has 0 saturated carbocycles. The van der Waals surface area contributed by atoms with Gasteiger partial charge in [-0.1, -0.05) is 36.4 Å². The molecule has 10 nitrogen and oxygen atoms in total. The van der Waals surface area contributed by atoms with Gasteiger partial charge in [-0.3, -0.25) is 10.1 Å². The van der Waals surface area contributed by atoms with E-state index in [1.165, 1.54) is 12.1 Å². The van der Waals surface area contributed by atoms with Crippen molar-refractivity contribution in [2.24, 2.45) is 15.2 Å². The van der Waals surface area contributed by atoms with E-state index < -0.39 is 4.92 Å². The number of hydrazone groups is 2. The predicted molar refractivity (Wildman–Crippen MR) is 120 cm³/mol. The Hall–Kier alpha value is -4.73. The van der Waals surface area contributed by atoms with Gasteiger partial charge >= 0.3 is 0 Å². The normalized spacial score (nSPS) is 18.3. The molecule has 2 aromatic carbocycles. The fraction of sp³-hybridized carbons (Fsp3) is 0.0455. The van der Waals surface area contributed by atoms with E-state index in [1.807, 2.05) is 71.9 Å². The van der Waals surface area contributed by atoms with E-state index >= 15 is 0 Å². The molecule has 32 heavy (non-hydrogen) atoms. The van der Waals surface area contributed by atoms with Gasteiger partial charge in [-0.25, -0.2) is 15.0 Å². The zero-order chi connectivity index (χ0) is 21.8. The van der Waals surface area contributed by atoms with Crippen molar-refractivity contribution in [2.75, 3.05) is 12.2 Å². The van der Waals surface area contributed by atoms with Crippen molar-refractivity contribution < 1.29 is 4.92 Å². The molecular formula is C22H16N8O2. The van der Waals surface area contributed by atoms with Crippen molar-refractivity contribution in [1.82, 2.24) is 15.1 Å². The largest absolute Gasteiger partial charge is 0.269 e. The van der Waals surface area contributed by atoms with Crippen molar-refractivity contribution in [2.45, 2.75) is 0 Å². The Labute approximate surface area is 182 Å². The summed E-state index contributed by atoms with van der Waals surface area (Å²) in [6.07, 6.45) is 7.62. The van der Waals surface area contributed by atoms with Crippen LogP contribution in [0.5, 0.6) is 0 Å². The molecule has 10 heteroatoms. The highest BCUT2D eigenvalue weighted by atomic mass is 16.6. The van der Waals surface area contributed by atoms with Gasteiger partial charge in [0.2, 0.25) is 0 Å². The van der Waals surface area contributed by atoms with Crippen molar-refractivity contribution >= 4 is 28.6 Å². The monoisotopic (exact) mass is 424 g/mol. The molecule has 0 amide bonds. The van der Waals surface area contributed by atoms with Crippen LogP contribution in [0, 0.1) is 10.1 Å². The number of allylic oxidation sites excluding steroid dienone is 3. The van der Waals surface area contributed by atoms with Gasteiger partial charge in [0, 0.05) is 30.9 Å². The molecule has 0 aliphatic carbocycles. The topological polar surface area (TPSA) is 93.2 Å². The maximum absolute atomic E-state index is 11.1. The first-order valence-corrected chi connectivity index (χ1v) is 9.90. The fourth-order valence-electron chi connectivity index (χ4n) is 3.90. The summed E-state index contributed by atoms with van der Waals surface area (Å²) in [5.74, 6) is 1.37. The molecule has 0 bridgehead atoms. The van der Waals surface area contributed by atoms with Gasteiger partial charge in [-0.15, -0.1) is 5.10 Å². The summed E-state index contributed by atoms with van der Waals surface area (Å²) >= 11 is 0. The van der Waals surface area contributed by atoms with Gasteiger partial charge in [0.25, 0.3) is 5.69 Å². The van der Waals surface area contributed by atoms with E-state index in [0.29, 0.717) is 23.1 Å². The van der Waals surface area contributed by atoms with Crippen molar-refractivity contribution in [1.29, 1.82) is 0 Å². The first kappa shape index (κ1) is 18.1. The van der Waals surface area contributed by atoms with E-state index in [4.69, 9.17) is 15.2 Å². The number of nitro benzene ring substituents is 1. The van der Waals surface area contributed by atoms with Gasteiger partial charge < -0.3 is 0 Å². The lowest BCUT2D eigenvalue weighted by molar-refractivity contribution is -0.384. The number of hydrogen-bond acceptors (Lipinski definition) is 9. The maximum atomic E-state index is 11.1. The lowest BCUT2D eigenvalue weighted by Crippen LogP contribution is -2.52. The third-order valence-corrected chi connectivity index (χ3v) is 5.37. The summed E-state index contributed by atoms with van der Waals surface area (Å²) in [5, 5.41) is 28.0. The highest BCUT2D eigenvalue weighted by Gasteiger charge is 2.45. The lowest BCUT2D eigenvalue weighted by atomic mass is 10.0. The van der Waals surface area contributed by atoms with Gasteiger partial charge in [0.1, 0.15) is 11.4 Å². The second-order valence-corrected chi connectivity index (χ2v) is 7.33. The van der Waals surface area contributed by atoms with Crippen LogP contribution in [0.3, 0.4) is 0 Å². The zero-order valence-corrected chi connectivity index (χ0v) is 16.9. The Bertz CT molecular complexity index is 1320. The molecule has 0 fully saturated rings. The number of rotatable bonds is 3. The molecule has 0 spiro atoms. The van der Waals surface area contributed by atoms with Crippen LogP contribution in [0.15, 0.2) is 106 Å². The molecule has 0 atom stereocenters. The third-order valence-electron chi connectivity index (χ3n) is 5.37. The zero-order valence-electron chi connectivity index (χ0n) is 16.9. The Kier molecular flexibility index (Phi) is 3.75. The highest BCUT2D eigenvalue weighted by Crippen LogP contribution is 2.38. The van der Waals surface area contributed by atoms with Crippen LogP contribution < -0.4 is 5.12 Å². The summed E-state index contributed by atoms with van der Waals surface area (Å²) in [6, 6.07) is 16.1. The van der Waals surface area contributed by atoms with Crippen LogP contribution in [-0.4, -0.2) is 44.4 Å². The molecular weight excluding hydrogens is 408 g/mol. The van der Waals surface area contributed by atoms with Crippen molar-refractivity contribution in [3.05, 3.63) is 106 Å². The van der Waals surface area contributed by atoms with Crippen molar-refractivity contribution in [3.63, 3.8) is 0 Å². The van der Waals surface area contributed by atoms with Crippen molar-refractivity contribution in [3.8, 4) is 0 Å². The fourth-order valence-corrected chi connectivity index (χ4v) is 3.90. The molecule has 2 aromatic rings. The second kappa shape index (κ2) is 6.64. The molecule has 0 radical (unpaired) electrons. The van der Waals surface area contributed by atoms with E-state index in [2.05, 4.69) is 0 Å². The number of anilines is 1. The van der Waals surface area contributed by atoms with Crippen LogP contribution in [0.2, 0.25) is 0 Å². The first-order valence-electron chi connectivity index (χ1n) is 9.90. The van der Waals surface area contributed by atoms with Crippen LogP contribution in [0.1, 0.15) is 5.56 Å². The van der Waals surface area contributed by atoms with Crippen LogP contribution >= 0.6 is 0 Å². The first-order chi connectivity index (χ1) is 15.6. The van der Waals surface area contributed by atoms with Crippen LogP contribution in [0.4, 0.5) is 11.4 Å². The Balaban J connectivity index is 1.54. The van der Waals surface area contributed by atoms with E-state index in [0.717, 1.165) is 17.0 Å². The minimum atomic E-state index is -0.418. The second-order valence-electron chi connectivity index (χ2n) is 7.33. The molecule has 4 aliphatic rings. The average molecular weight is 424 g/mol. The maximum Gasteiger partial charge on any atom is 0.269 e. The molecule has 6 rings (SSSR count). The van der Waals surface area contributed by atoms with Crippen LogP contribution in [0.25, 0.3) is 0 Å². The number of nitro groups is 1. The SMILES string of the molecule is CN1N=C(c2ccccc2)C2=NN(c3ccc([N+](=O)[O-])cc3)N3C2=C1N=C1C=CC=CN13.